The van der Waals surface area contributed by atoms with E-state index in [1.807, 2.05) is 45.0 Å². The minimum atomic E-state index is -0.245. The van der Waals surface area contributed by atoms with Gasteiger partial charge in [0.15, 0.2) is 5.96 Å². The Morgan fingerprint density at radius 2 is 1.83 bits per heavy atom. The van der Waals surface area contributed by atoms with Gasteiger partial charge in [0, 0.05) is 31.2 Å². The Labute approximate surface area is 176 Å². The van der Waals surface area contributed by atoms with Crippen molar-refractivity contribution in [3.05, 3.63) is 35.4 Å². The average Bonchev–Trinajstić information content (AvgIpc) is 2.95. The Hall–Kier alpha value is -2.08. The highest BCUT2D eigenvalue weighted by atomic mass is 16.1. The first-order valence-electron chi connectivity index (χ1n) is 11.0. The zero-order chi connectivity index (χ0) is 21.1. The zero-order valence-electron chi connectivity index (χ0n) is 18.7. The van der Waals surface area contributed by atoms with Gasteiger partial charge in [-0.25, -0.2) is 0 Å². The third-order valence-electron chi connectivity index (χ3n) is 5.00. The van der Waals surface area contributed by atoms with E-state index in [9.17, 15) is 4.79 Å². The van der Waals surface area contributed by atoms with Crippen LogP contribution in [-0.2, 0) is 6.54 Å². The largest absolute Gasteiger partial charge is 0.356 e. The van der Waals surface area contributed by atoms with Crippen LogP contribution in [0.4, 0.5) is 0 Å². The van der Waals surface area contributed by atoms with Gasteiger partial charge < -0.3 is 20.9 Å². The fourth-order valence-electron chi connectivity index (χ4n) is 3.51. The predicted molar refractivity (Wildman–Crippen MR) is 121 cm³/mol. The van der Waals surface area contributed by atoms with E-state index >= 15 is 0 Å². The van der Waals surface area contributed by atoms with Gasteiger partial charge in [0.2, 0.25) is 0 Å². The van der Waals surface area contributed by atoms with Gasteiger partial charge in [0.25, 0.3) is 5.91 Å². The van der Waals surface area contributed by atoms with E-state index in [1.165, 1.54) is 38.8 Å². The Morgan fingerprint density at radius 1 is 1.10 bits per heavy atom. The van der Waals surface area contributed by atoms with Gasteiger partial charge in [-0.15, -0.1) is 0 Å². The Bertz CT molecular complexity index is 657. The van der Waals surface area contributed by atoms with Crippen LogP contribution in [0.2, 0.25) is 0 Å². The van der Waals surface area contributed by atoms with Crippen molar-refractivity contribution in [3.63, 3.8) is 0 Å². The maximum atomic E-state index is 12.4. The summed E-state index contributed by atoms with van der Waals surface area (Å²) >= 11 is 0. The van der Waals surface area contributed by atoms with Crippen molar-refractivity contribution in [1.29, 1.82) is 0 Å². The molecule has 0 saturated carbocycles. The van der Waals surface area contributed by atoms with Gasteiger partial charge >= 0.3 is 0 Å². The number of amides is 1. The number of carbonyl (C=O) groups is 1. The molecule has 0 spiro atoms. The average molecular weight is 402 g/mol. The SMILES string of the molecule is CN=C(NCCCN1CCCCCC1)NCc1cccc(C(=O)NC(C)(C)C)c1. The van der Waals surface area contributed by atoms with Gasteiger partial charge in [-0.3, -0.25) is 9.79 Å². The maximum absolute atomic E-state index is 12.4. The van der Waals surface area contributed by atoms with Crippen LogP contribution in [0.5, 0.6) is 0 Å². The summed E-state index contributed by atoms with van der Waals surface area (Å²) in [5, 5.41) is 9.74. The first-order valence-corrected chi connectivity index (χ1v) is 11.0. The summed E-state index contributed by atoms with van der Waals surface area (Å²) in [4.78, 5) is 19.3. The molecular weight excluding hydrogens is 362 g/mol. The van der Waals surface area contributed by atoms with Crippen molar-refractivity contribution >= 4 is 11.9 Å². The number of carbonyl (C=O) groups excluding carboxylic acids is 1. The molecule has 0 radical (unpaired) electrons. The minimum absolute atomic E-state index is 0.0460. The number of nitrogens with one attached hydrogen (secondary N) is 3. The van der Waals surface area contributed by atoms with Crippen molar-refractivity contribution in [2.24, 2.45) is 4.99 Å². The van der Waals surface area contributed by atoms with Gasteiger partial charge in [0.1, 0.15) is 0 Å². The number of hydrogen-bond acceptors (Lipinski definition) is 3. The maximum Gasteiger partial charge on any atom is 0.251 e. The van der Waals surface area contributed by atoms with Crippen molar-refractivity contribution in [2.45, 2.75) is 65.0 Å². The van der Waals surface area contributed by atoms with Crippen LogP contribution in [-0.4, -0.2) is 55.5 Å². The van der Waals surface area contributed by atoms with Gasteiger partial charge in [-0.2, -0.15) is 0 Å². The Kier molecular flexibility index (Phi) is 9.45. The summed E-state index contributed by atoms with van der Waals surface area (Å²) in [6.45, 7) is 11.1. The highest BCUT2D eigenvalue weighted by Crippen LogP contribution is 2.10. The quantitative estimate of drug-likeness (QED) is 0.373. The highest BCUT2D eigenvalue weighted by molar-refractivity contribution is 5.94. The smallest absolute Gasteiger partial charge is 0.251 e. The lowest BCUT2D eigenvalue weighted by molar-refractivity contribution is 0.0919. The van der Waals surface area contributed by atoms with Gasteiger partial charge in [-0.1, -0.05) is 25.0 Å². The number of guanidine groups is 1. The van der Waals surface area contributed by atoms with E-state index < -0.39 is 0 Å². The lowest BCUT2D eigenvalue weighted by atomic mass is 10.1. The number of aliphatic imine (C=N–C) groups is 1. The van der Waals surface area contributed by atoms with Crippen LogP contribution >= 0.6 is 0 Å². The first-order chi connectivity index (χ1) is 13.9. The zero-order valence-corrected chi connectivity index (χ0v) is 18.7. The van der Waals surface area contributed by atoms with E-state index in [1.54, 1.807) is 7.05 Å². The van der Waals surface area contributed by atoms with Crippen LogP contribution in [0.25, 0.3) is 0 Å². The molecule has 2 rings (SSSR count). The van der Waals surface area contributed by atoms with Gasteiger partial charge in [0.05, 0.1) is 0 Å². The van der Waals surface area contributed by atoms with Crippen molar-refractivity contribution < 1.29 is 4.79 Å². The second-order valence-electron chi connectivity index (χ2n) is 8.87. The number of rotatable bonds is 7. The molecule has 1 amide bonds. The highest BCUT2D eigenvalue weighted by Gasteiger charge is 2.15. The molecule has 1 aliphatic rings. The second-order valence-corrected chi connectivity index (χ2v) is 8.87. The molecule has 0 bridgehead atoms. The Balaban J connectivity index is 1.74. The van der Waals surface area contributed by atoms with E-state index in [2.05, 4.69) is 25.8 Å². The lowest BCUT2D eigenvalue weighted by Gasteiger charge is -2.21. The Morgan fingerprint density at radius 3 is 2.48 bits per heavy atom. The number of benzene rings is 1. The van der Waals surface area contributed by atoms with Crippen molar-refractivity contribution in [1.82, 2.24) is 20.9 Å². The normalized spacial score (nSPS) is 16.2. The third kappa shape index (κ3) is 9.31. The molecule has 0 aliphatic carbocycles. The topological polar surface area (TPSA) is 68.8 Å². The van der Waals surface area contributed by atoms with E-state index in [0.717, 1.165) is 31.0 Å². The fraction of sp³-hybridized carbons (Fsp3) is 0.652. The predicted octanol–water partition coefficient (Wildman–Crippen LogP) is 3.15. The summed E-state index contributed by atoms with van der Waals surface area (Å²) in [6, 6.07) is 7.72. The molecule has 162 valence electrons. The van der Waals surface area contributed by atoms with E-state index in [-0.39, 0.29) is 11.4 Å². The fourth-order valence-corrected chi connectivity index (χ4v) is 3.51. The number of hydrogen-bond donors (Lipinski definition) is 3. The third-order valence-corrected chi connectivity index (χ3v) is 5.00. The molecule has 3 N–H and O–H groups in total. The second kappa shape index (κ2) is 11.8. The first kappa shape index (κ1) is 23.2. The van der Waals surface area contributed by atoms with Crippen LogP contribution in [0.1, 0.15) is 68.8 Å². The van der Waals surface area contributed by atoms with Crippen LogP contribution in [0.15, 0.2) is 29.3 Å². The molecule has 1 aromatic rings. The molecule has 0 aromatic heterocycles. The standard InChI is InChI=1S/C23H39N5O/c1-23(2,3)27-21(29)20-12-9-11-19(17-20)18-26-22(24-4)25-13-10-16-28-14-7-5-6-8-15-28/h9,11-12,17H,5-8,10,13-16,18H2,1-4H3,(H,27,29)(H2,24,25,26). The number of nitrogens with zero attached hydrogens (tertiary/aromatic N) is 2. The molecule has 29 heavy (non-hydrogen) atoms. The molecule has 1 fully saturated rings. The van der Waals surface area contributed by atoms with Crippen molar-refractivity contribution in [3.8, 4) is 0 Å². The molecule has 1 aliphatic heterocycles. The van der Waals surface area contributed by atoms with E-state index in [4.69, 9.17) is 0 Å². The molecule has 1 heterocycles. The summed E-state index contributed by atoms with van der Waals surface area (Å²) in [5.74, 6) is 0.751. The molecule has 0 atom stereocenters. The molecule has 1 aromatic carbocycles. The van der Waals surface area contributed by atoms with E-state index in [0.29, 0.717) is 12.1 Å². The van der Waals surface area contributed by atoms with Crippen LogP contribution in [0, 0.1) is 0 Å². The molecule has 1 saturated heterocycles. The lowest BCUT2D eigenvalue weighted by Crippen LogP contribution is -2.40. The minimum Gasteiger partial charge on any atom is -0.356 e. The van der Waals surface area contributed by atoms with Crippen LogP contribution < -0.4 is 16.0 Å². The molecule has 6 heteroatoms. The molecule has 0 unspecified atom stereocenters. The monoisotopic (exact) mass is 401 g/mol. The molecular formula is C23H39N5O. The summed E-state index contributed by atoms with van der Waals surface area (Å²) < 4.78 is 0. The summed E-state index contributed by atoms with van der Waals surface area (Å²) in [7, 11) is 1.79. The van der Waals surface area contributed by atoms with Gasteiger partial charge in [-0.05, 0) is 77.4 Å². The van der Waals surface area contributed by atoms with Crippen molar-refractivity contribution in [2.75, 3.05) is 33.2 Å². The summed E-state index contributed by atoms with van der Waals surface area (Å²) in [5.41, 5.74) is 1.49. The summed E-state index contributed by atoms with van der Waals surface area (Å²) in [6.07, 6.45) is 6.55. The number of likely N-dealkylation sites (tertiary alicyclic amines) is 1. The van der Waals surface area contributed by atoms with Crippen LogP contribution in [0.3, 0.4) is 0 Å². The molecule has 6 nitrogen and oxygen atoms in total.